The predicted molar refractivity (Wildman–Crippen MR) is 105 cm³/mol. The van der Waals surface area contributed by atoms with Crippen LogP contribution in [0.4, 0.5) is 11.4 Å². The van der Waals surface area contributed by atoms with Crippen molar-refractivity contribution < 1.29 is 4.79 Å². The largest absolute Gasteiger partial charge is 0.399 e. The quantitative estimate of drug-likeness (QED) is 0.523. The molecule has 0 bridgehead atoms. The van der Waals surface area contributed by atoms with Gasteiger partial charge in [-0.1, -0.05) is 60.7 Å². The number of benzene rings is 3. The molecule has 3 N–H and O–H groups in total. The van der Waals surface area contributed by atoms with E-state index in [0.717, 1.165) is 22.4 Å². The average molecular weight is 328 g/mol. The predicted octanol–water partition coefficient (Wildman–Crippen LogP) is 5.00. The van der Waals surface area contributed by atoms with Crippen molar-refractivity contribution in [1.29, 1.82) is 0 Å². The summed E-state index contributed by atoms with van der Waals surface area (Å²) < 4.78 is 0. The molecule has 0 radical (unpaired) electrons. The van der Waals surface area contributed by atoms with Crippen LogP contribution in [-0.2, 0) is 0 Å². The van der Waals surface area contributed by atoms with E-state index in [-0.39, 0.29) is 5.91 Å². The van der Waals surface area contributed by atoms with Gasteiger partial charge in [0.05, 0.1) is 0 Å². The molecule has 124 valence electrons. The van der Waals surface area contributed by atoms with Crippen molar-refractivity contribution in [2.45, 2.75) is 6.92 Å². The highest BCUT2D eigenvalue weighted by Gasteiger charge is 2.07. The maximum atomic E-state index is 12.4. The van der Waals surface area contributed by atoms with Gasteiger partial charge >= 0.3 is 0 Å². The van der Waals surface area contributed by atoms with E-state index in [4.69, 9.17) is 5.73 Å². The minimum Gasteiger partial charge on any atom is -0.399 e. The third-order valence-electron chi connectivity index (χ3n) is 3.95. The number of hydrogen-bond acceptors (Lipinski definition) is 2. The van der Waals surface area contributed by atoms with Crippen molar-refractivity contribution in [3.63, 3.8) is 0 Å². The summed E-state index contributed by atoms with van der Waals surface area (Å²) >= 11 is 0. The zero-order valence-corrected chi connectivity index (χ0v) is 14.1. The van der Waals surface area contributed by atoms with Crippen LogP contribution < -0.4 is 11.1 Å². The Kier molecular flexibility index (Phi) is 4.95. The number of anilines is 2. The molecule has 1 amide bonds. The van der Waals surface area contributed by atoms with Gasteiger partial charge in [-0.3, -0.25) is 4.79 Å². The molecule has 25 heavy (non-hydrogen) atoms. The van der Waals surface area contributed by atoms with Gasteiger partial charge in [0.25, 0.3) is 5.91 Å². The first kappa shape index (κ1) is 16.5. The minimum absolute atomic E-state index is 0.146. The van der Waals surface area contributed by atoms with Crippen molar-refractivity contribution in [2.75, 3.05) is 11.1 Å². The van der Waals surface area contributed by atoms with Gasteiger partial charge in [0.1, 0.15) is 0 Å². The Balaban J connectivity index is 1.70. The summed E-state index contributed by atoms with van der Waals surface area (Å²) in [5.41, 5.74) is 10.9. The zero-order valence-electron chi connectivity index (χ0n) is 14.1. The van der Waals surface area contributed by atoms with Crippen LogP contribution in [0.2, 0.25) is 0 Å². The molecule has 0 unspecified atom stereocenters. The molecule has 0 spiro atoms. The molecule has 0 aliphatic carbocycles. The van der Waals surface area contributed by atoms with Crippen LogP contribution >= 0.6 is 0 Å². The molecule has 0 saturated carbocycles. The zero-order chi connectivity index (χ0) is 17.6. The highest BCUT2D eigenvalue weighted by atomic mass is 16.1. The highest BCUT2D eigenvalue weighted by molar-refractivity contribution is 6.05. The Morgan fingerprint density at radius 2 is 1.52 bits per heavy atom. The summed E-state index contributed by atoms with van der Waals surface area (Å²) in [5, 5.41) is 2.91. The first-order valence-electron chi connectivity index (χ1n) is 8.12. The maximum absolute atomic E-state index is 12.4. The van der Waals surface area contributed by atoms with Crippen LogP contribution in [0.1, 0.15) is 27.0 Å². The van der Waals surface area contributed by atoms with E-state index in [1.54, 1.807) is 6.07 Å². The third kappa shape index (κ3) is 4.36. The Morgan fingerprint density at radius 3 is 2.20 bits per heavy atom. The lowest BCUT2D eigenvalue weighted by molar-refractivity contribution is 0.102. The summed E-state index contributed by atoms with van der Waals surface area (Å²) in [6.07, 6.45) is 4.07. The first-order valence-corrected chi connectivity index (χ1v) is 8.12. The van der Waals surface area contributed by atoms with E-state index < -0.39 is 0 Å². The number of nitrogens with one attached hydrogen (secondary N) is 1. The van der Waals surface area contributed by atoms with E-state index in [2.05, 4.69) is 5.32 Å². The van der Waals surface area contributed by atoms with Crippen LogP contribution in [0.25, 0.3) is 12.2 Å². The Hall–Kier alpha value is -3.33. The van der Waals surface area contributed by atoms with Crippen molar-refractivity contribution in [3.05, 3.63) is 95.1 Å². The number of carbonyl (C=O) groups is 1. The van der Waals surface area contributed by atoms with Gasteiger partial charge in [0.15, 0.2) is 0 Å². The Bertz CT molecular complexity index is 897. The first-order chi connectivity index (χ1) is 12.1. The van der Waals surface area contributed by atoms with Crippen molar-refractivity contribution >= 4 is 29.4 Å². The number of hydrogen-bond donors (Lipinski definition) is 2. The van der Waals surface area contributed by atoms with Crippen molar-refractivity contribution in [2.24, 2.45) is 0 Å². The third-order valence-corrected chi connectivity index (χ3v) is 3.95. The molecule has 0 aliphatic rings. The van der Waals surface area contributed by atoms with Gasteiger partial charge in [-0.2, -0.15) is 0 Å². The molecule has 0 aliphatic heterocycles. The summed E-state index contributed by atoms with van der Waals surface area (Å²) in [6, 6.07) is 23.1. The van der Waals surface area contributed by atoms with Crippen LogP contribution in [0, 0.1) is 6.92 Å². The number of aryl methyl sites for hydroxylation is 1. The Labute approximate surface area is 147 Å². The Morgan fingerprint density at radius 1 is 0.880 bits per heavy atom. The topological polar surface area (TPSA) is 55.1 Å². The van der Waals surface area contributed by atoms with E-state index in [1.165, 1.54) is 0 Å². The average Bonchev–Trinajstić information content (AvgIpc) is 2.64. The number of rotatable bonds is 4. The molecule has 0 aromatic heterocycles. The fourth-order valence-electron chi connectivity index (χ4n) is 2.47. The number of nitrogens with two attached hydrogens (primary N) is 1. The van der Waals surface area contributed by atoms with Crippen LogP contribution in [0.5, 0.6) is 0 Å². The second-order valence-electron chi connectivity index (χ2n) is 5.89. The molecule has 0 saturated heterocycles. The van der Waals surface area contributed by atoms with Gasteiger partial charge in [0, 0.05) is 16.9 Å². The molecular weight excluding hydrogens is 308 g/mol. The number of amides is 1. The van der Waals surface area contributed by atoms with Crippen LogP contribution in [-0.4, -0.2) is 5.91 Å². The van der Waals surface area contributed by atoms with Gasteiger partial charge < -0.3 is 11.1 Å². The molecule has 0 fully saturated rings. The molecule has 0 heterocycles. The summed E-state index contributed by atoms with van der Waals surface area (Å²) in [5.74, 6) is -0.146. The lowest BCUT2D eigenvalue weighted by Gasteiger charge is -2.09. The summed E-state index contributed by atoms with van der Waals surface area (Å²) in [7, 11) is 0. The van der Waals surface area contributed by atoms with Gasteiger partial charge in [-0.05, 0) is 47.9 Å². The van der Waals surface area contributed by atoms with Crippen molar-refractivity contribution in [3.8, 4) is 0 Å². The number of carbonyl (C=O) groups excluding carboxylic acids is 1. The van der Waals surface area contributed by atoms with E-state index in [9.17, 15) is 4.79 Å². The lowest BCUT2D eigenvalue weighted by atomic mass is 10.1. The fourth-order valence-corrected chi connectivity index (χ4v) is 2.47. The highest BCUT2D eigenvalue weighted by Crippen LogP contribution is 2.19. The van der Waals surface area contributed by atoms with E-state index >= 15 is 0 Å². The monoisotopic (exact) mass is 328 g/mol. The second kappa shape index (κ2) is 7.49. The maximum Gasteiger partial charge on any atom is 0.255 e. The van der Waals surface area contributed by atoms with Crippen LogP contribution in [0.15, 0.2) is 72.8 Å². The minimum atomic E-state index is -0.146. The molecule has 0 atom stereocenters. The lowest BCUT2D eigenvalue weighted by Crippen LogP contribution is -2.12. The second-order valence-corrected chi connectivity index (χ2v) is 5.89. The van der Waals surface area contributed by atoms with Gasteiger partial charge in [0.2, 0.25) is 0 Å². The fraction of sp³-hybridized carbons (Fsp3) is 0.0455. The van der Waals surface area contributed by atoms with E-state index in [1.807, 2.05) is 85.8 Å². The smallest absolute Gasteiger partial charge is 0.255 e. The summed E-state index contributed by atoms with van der Waals surface area (Å²) in [6.45, 7) is 1.94. The molecule has 3 heteroatoms. The molecule has 3 aromatic carbocycles. The van der Waals surface area contributed by atoms with Crippen molar-refractivity contribution in [1.82, 2.24) is 0 Å². The molecule has 3 rings (SSSR count). The van der Waals surface area contributed by atoms with Crippen LogP contribution in [0.3, 0.4) is 0 Å². The van der Waals surface area contributed by atoms with Gasteiger partial charge in [-0.15, -0.1) is 0 Å². The molecular formula is C22H20N2O. The van der Waals surface area contributed by atoms with Gasteiger partial charge in [-0.25, -0.2) is 0 Å². The number of nitrogen functional groups attached to an aromatic ring is 1. The standard InChI is InChI=1S/C22H20N2O/c1-16-7-14-20(23)15-21(16)24-22(25)19-12-10-18(11-13-19)9-8-17-5-3-2-4-6-17/h2-15H,23H2,1H3,(H,24,25). The SMILES string of the molecule is Cc1ccc(N)cc1NC(=O)c1ccc(C=Cc2ccccc2)cc1. The normalized spacial score (nSPS) is 10.8. The summed E-state index contributed by atoms with van der Waals surface area (Å²) in [4.78, 5) is 12.4. The molecule has 3 aromatic rings. The van der Waals surface area contributed by atoms with E-state index in [0.29, 0.717) is 11.3 Å². The molecule has 3 nitrogen and oxygen atoms in total.